The van der Waals surface area contributed by atoms with Gasteiger partial charge in [0.05, 0.1) is 49.0 Å². The predicted octanol–water partition coefficient (Wildman–Crippen LogP) is 3.45. The molecule has 1 aromatic heterocycles. The highest BCUT2D eigenvalue weighted by molar-refractivity contribution is 6.30. The van der Waals surface area contributed by atoms with Crippen LogP contribution in [0.15, 0.2) is 18.2 Å². The molecule has 0 spiro atoms. The zero-order valence-electron chi connectivity index (χ0n) is 16.0. The summed E-state index contributed by atoms with van der Waals surface area (Å²) in [6, 6.07) is 4.19. The van der Waals surface area contributed by atoms with Crippen LogP contribution in [0.4, 0.5) is 5.69 Å². The van der Waals surface area contributed by atoms with Crippen molar-refractivity contribution < 1.29 is 24.2 Å². The van der Waals surface area contributed by atoms with Gasteiger partial charge in [-0.3, -0.25) is 10.1 Å². The summed E-state index contributed by atoms with van der Waals surface area (Å²) in [5.41, 5.74) is -0.0946. The monoisotopic (exact) mass is 411 g/mol. The van der Waals surface area contributed by atoms with Crippen molar-refractivity contribution >= 4 is 17.3 Å². The molecule has 0 saturated heterocycles. The standard InChI is InChI=1S/C18H22ClN3O6/c1-5-10(2)28-9-11-6-12(19)7-13(16(11)22(24)25)17(23)18-20-14(26-3)8-15(21-18)27-4/h6-8,10,17,23H,5,9H2,1-4H3. The Bertz CT molecular complexity index is 826. The van der Waals surface area contributed by atoms with Crippen molar-refractivity contribution in [1.82, 2.24) is 9.97 Å². The first-order valence-corrected chi connectivity index (χ1v) is 8.91. The highest BCUT2D eigenvalue weighted by atomic mass is 35.5. The van der Waals surface area contributed by atoms with Crippen LogP contribution < -0.4 is 9.47 Å². The fourth-order valence-corrected chi connectivity index (χ4v) is 2.71. The largest absolute Gasteiger partial charge is 0.481 e. The number of aliphatic hydroxyl groups excluding tert-OH is 1. The van der Waals surface area contributed by atoms with Gasteiger partial charge in [-0.15, -0.1) is 0 Å². The van der Waals surface area contributed by atoms with Gasteiger partial charge in [0.1, 0.15) is 6.10 Å². The number of aliphatic hydroxyl groups is 1. The molecule has 1 aromatic carbocycles. The van der Waals surface area contributed by atoms with E-state index in [4.69, 9.17) is 25.8 Å². The maximum atomic E-state index is 11.8. The van der Waals surface area contributed by atoms with Crippen molar-refractivity contribution in [2.24, 2.45) is 0 Å². The molecule has 2 atom stereocenters. The van der Waals surface area contributed by atoms with E-state index in [1.807, 2.05) is 13.8 Å². The van der Waals surface area contributed by atoms with E-state index in [0.717, 1.165) is 6.42 Å². The number of hydrogen-bond acceptors (Lipinski definition) is 8. The molecular weight excluding hydrogens is 390 g/mol. The number of benzene rings is 1. The van der Waals surface area contributed by atoms with Crippen LogP contribution >= 0.6 is 11.6 Å². The minimum Gasteiger partial charge on any atom is -0.481 e. The summed E-state index contributed by atoms with van der Waals surface area (Å²) in [7, 11) is 2.79. The topological polar surface area (TPSA) is 117 Å². The van der Waals surface area contributed by atoms with Crippen LogP contribution in [-0.4, -0.2) is 40.3 Å². The van der Waals surface area contributed by atoms with Crippen molar-refractivity contribution in [3.63, 3.8) is 0 Å². The average molecular weight is 412 g/mol. The minimum atomic E-state index is -1.52. The lowest BCUT2D eigenvalue weighted by Crippen LogP contribution is -2.12. The molecule has 2 rings (SSSR count). The smallest absolute Gasteiger partial charge is 0.281 e. The molecule has 1 N–H and O–H groups in total. The quantitative estimate of drug-likeness (QED) is 0.492. The van der Waals surface area contributed by atoms with Gasteiger partial charge in [-0.1, -0.05) is 18.5 Å². The summed E-state index contributed by atoms with van der Waals surface area (Å²) in [5, 5.41) is 22.8. The molecule has 1 heterocycles. The van der Waals surface area contributed by atoms with Gasteiger partial charge >= 0.3 is 0 Å². The molecule has 0 amide bonds. The summed E-state index contributed by atoms with van der Waals surface area (Å²) >= 11 is 6.15. The minimum absolute atomic E-state index is 0.0200. The second-order valence-electron chi connectivity index (χ2n) is 6.00. The lowest BCUT2D eigenvalue weighted by molar-refractivity contribution is -0.387. The van der Waals surface area contributed by atoms with Gasteiger partial charge in [0.25, 0.3) is 5.69 Å². The number of aromatic nitrogens is 2. The Hall–Kier alpha value is -2.49. The van der Waals surface area contributed by atoms with Gasteiger partial charge in [-0.25, -0.2) is 0 Å². The summed E-state index contributed by atoms with van der Waals surface area (Å²) < 4.78 is 15.7. The molecule has 0 aliphatic rings. The number of hydrogen-bond donors (Lipinski definition) is 1. The van der Waals surface area contributed by atoms with Crippen LogP contribution in [0.5, 0.6) is 11.8 Å². The SMILES string of the molecule is CCC(C)OCc1cc(Cl)cc(C(O)c2nc(OC)cc(OC)n2)c1[N+](=O)[O-]. The van der Waals surface area contributed by atoms with Crippen molar-refractivity contribution in [2.75, 3.05) is 14.2 Å². The van der Waals surface area contributed by atoms with Gasteiger partial charge < -0.3 is 19.3 Å². The molecule has 0 fully saturated rings. The normalized spacial score (nSPS) is 13.1. The average Bonchev–Trinajstić information content (AvgIpc) is 2.69. The lowest BCUT2D eigenvalue weighted by atomic mass is 10.0. The molecule has 152 valence electrons. The maximum Gasteiger partial charge on any atom is 0.281 e. The first-order chi connectivity index (χ1) is 13.3. The van der Waals surface area contributed by atoms with Crippen LogP contribution in [-0.2, 0) is 11.3 Å². The number of methoxy groups -OCH3 is 2. The molecule has 0 saturated carbocycles. The molecule has 2 unspecified atom stereocenters. The van der Waals surface area contributed by atoms with E-state index in [2.05, 4.69) is 9.97 Å². The van der Waals surface area contributed by atoms with E-state index < -0.39 is 11.0 Å². The molecule has 2 aromatic rings. The van der Waals surface area contributed by atoms with E-state index in [1.165, 1.54) is 32.4 Å². The summed E-state index contributed by atoms with van der Waals surface area (Å²) in [6.07, 6.45) is -0.857. The molecule has 0 radical (unpaired) electrons. The highest BCUT2D eigenvalue weighted by Gasteiger charge is 2.29. The second-order valence-corrected chi connectivity index (χ2v) is 6.44. The number of halogens is 1. The third-order valence-electron chi connectivity index (χ3n) is 4.12. The molecule has 28 heavy (non-hydrogen) atoms. The highest BCUT2D eigenvalue weighted by Crippen LogP contribution is 2.36. The Balaban J connectivity index is 2.54. The zero-order valence-corrected chi connectivity index (χ0v) is 16.8. The Labute approximate surface area is 167 Å². The van der Waals surface area contributed by atoms with E-state index in [-0.39, 0.29) is 52.1 Å². The Morgan fingerprint density at radius 1 is 1.21 bits per heavy atom. The fraction of sp³-hybridized carbons (Fsp3) is 0.444. The third-order valence-corrected chi connectivity index (χ3v) is 4.34. The Morgan fingerprint density at radius 3 is 2.32 bits per heavy atom. The van der Waals surface area contributed by atoms with E-state index in [0.29, 0.717) is 0 Å². The van der Waals surface area contributed by atoms with Crippen molar-refractivity contribution in [3.05, 3.63) is 50.3 Å². The molecule has 0 bridgehead atoms. The van der Waals surface area contributed by atoms with Crippen molar-refractivity contribution in [1.29, 1.82) is 0 Å². The van der Waals surface area contributed by atoms with Crippen LogP contribution in [0, 0.1) is 10.1 Å². The van der Waals surface area contributed by atoms with Gasteiger partial charge in [-0.05, 0) is 25.5 Å². The van der Waals surface area contributed by atoms with Crippen LogP contribution in [0.3, 0.4) is 0 Å². The van der Waals surface area contributed by atoms with Crippen LogP contribution in [0.1, 0.15) is 43.3 Å². The van der Waals surface area contributed by atoms with Crippen molar-refractivity contribution in [3.8, 4) is 11.8 Å². The first kappa shape index (κ1) is 21.8. The first-order valence-electron chi connectivity index (χ1n) is 8.54. The molecule has 0 aliphatic heterocycles. The number of nitrogens with zero attached hydrogens (tertiary/aromatic N) is 3. The second kappa shape index (κ2) is 9.63. The predicted molar refractivity (Wildman–Crippen MR) is 102 cm³/mol. The summed E-state index contributed by atoms with van der Waals surface area (Å²) in [4.78, 5) is 19.3. The molecule has 9 nitrogen and oxygen atoms in total. The molecule has 10 heteroatoms. The number of ether oxygens (including phenoxy) is 3. The van der Waals surface area contributed by atoms with E-state index in [9.17, 15) is 15.2 Å². The molecular formula is C18H22ClN3O6. The Morgan fingerprint density at radius 2 is 1.82 bits per heavy atom. The van der Waals surface area contributed by atoms with Gasteiger partial charge in [-0.2, -0.15) is 9.97 Å². The number of rotatable bonds is 9. The van der Waals surface area contributed by atoms with Gasteiger partial charge in [0, 0.05) is 5.02 Å². The summed E-state index contributed by atoms with van der Waals surface area (Å²) in [6.45, 7) is 3.79. The maximum absolute atomic E-state index is 11.8. The van der Waals surface area contributed by atoms with E-state index >= 15 is 0 Å². The number of nitro groups is 1. The zero-order chi connectivity index (χ0) is 20.8. The van der Waals surface area contributed by atoms with Gasteiger partial charge in [0.15, 0.2) is 5.82 Å². The third kappa shape index (κ3) is 5.06. The number of nitro benzene ring substituents is 1. The van der Waals surface area contributed by atoms with Crippen LogP contribution in [0.25, 0.3) is 0 Å². The summed E-state index contributed by atoms with van der Waals surface area (Å²) in [5.74, 6) is 0.173. The lowest BCUT2D eigenvalue weighted by Gasteiger charge is -2.16. The molecule has 0 aliphatic carbocycles. The Kier molecular flexibility index (Phi) is 7.50. The fourth-order valence-electron chi connectivity index (χ4n) is 2.46. The van der Waals surface area contributed by atoms with Gasteiger partial charge in [0.2, 0.25) is 11.8 Å². The van der Waals surface area contributed by atoms with Crippen LogP contribution in [0.2, 0.25) is 5.02 Å². The van der Waals surface area contributed by atoms with E-state index in [1.54, 1.807) is 0 Å². The van der Waals surface area contributed by atoms with Crippen molar-refractivity contribution in [2.45, 2.75) is 39.1 Å².